The lowest BCUT2D eigenvalue weighted by atomic mass is 10.1. The monoisotopic (exact) mass is 541 g/mol. The van der Waals surface area contributed by atoms with Gasteiger partial charge < -0.3 is 24.3 Å². The molecule has 0 spiro atoms. The first-order chi connectivity index (χ1) is 18.6. The number of esters is 2. The van der Waals surface area contributed by atoms with E-state index in [-0.39, 0.29) is 24.4 Å². The number of hydrazine groups is 1. The predicted molar refractivity (Wildman–Crippen MR) is 138 cm³/mol. The number of hydrogen-bond acceptors (Lipinski definition) is 9. The van der Waals surface area contributed by atoms with E-state index < -0.39 is 42.2 Å². The van der Waals surface area contributed by atoms with Crippen molar-refractivity contribution in [3.63, 3.8) is 0 Å². The number of nitrogens with zero attached hydrogens (tertiary/aromatic N) is 1. The quantitative estimate of drug-likeness (QED) is 0.408. The van der Waals surface area contributed by atoms with Crippen molar-refractivity contribution in [3.05, 3.63) is 53.6 Å². The molecule has 2 N–H and O–H groups in total. The van der Waals surface area contributed by atoms with Crippen LogP contribution in [-0.4, -0.2) is 68.6 Å². The van der Waals surface area contributed by atoms with Crippen molar-refractivity contribution in [3.8, 4) is 11.5 Å². The molecule has 2 aromatic carbocycles. The predicted octanol–water partition coefficient (Wildman–Crippen LogP) is 2.19. The average Bonchev–Trinajstić information content (AvgIpc) is 3.30. The van der Waals surface area contributed by atoms with Crippen LogP contribution < -0.4 is 20.2 Å². The minimum Gasteiger partial charge on any atom is -0.493 e. The Hall–Kier alpha value is -4.61. The molecule has 0 radical (unpaired) electrons. The Morgan fingerprint density at radius 2 is 1.62 bits per heavy atom. The van der Waals surface area contributed by atoms with Crippen molar-refractivity contribution in [2.75, 3.05) is 39.3 Å². The summed E-state index contributed by atoms with van der Waals surface area (Å²) in [6.45, 7) is 3.49. The van der Waals surface area contributed by atoms with Gasteiger partial charge in [0.15, 0.2) is 18.1 Å². The van der Waals surface area contributed by atoms with Crippen molar-refractivity contribution in [2.24, 2.45) is 11.8 Å². The van der Waals surface area contributed by atoms with Crippen molar-refractivity contribution < 1.29 is 42.9 Å². The van der Waals surface area contributed by atoms with Crippen LogP contribution in [0.4, 0.5) is 5.69 Å². The lowest BCUT2D eigenvalue weighted by Gasteiger charge is -2.18. The van der Waals surface area contributed by atoms with E-state index in [0.29, 0.717) is 29.4 Å². The van der Waals surface area contributed by atoms with Gasteiger partial charge in [-0.3, -0.25) is 29.6 Å². The van der Waals surface area contributed by atoms with E-state index in [2.05, 4.69) is 10.7 Å². The van der Waals surface area contributed by atoms with E-state index in [1.165, 1.54) is 50.6 Å². The molecule has 208 valence electrons. The first-order valence-electron chi connectivity index (χ1n) is 12.2. The molecule has 1 heterocycles. The third-order valence-corrected chi connectivity index (χ3v) is 5.64. The third-order valence-electron chi connectivity index (χ3n) is 5.64. The SMILES string of the molecule is COc1ccc(C(=O)NN2C[C@@H](C(=O)OCC(=O)Nc3ccc(C(=O)OCC(C)C)cc3)CC2=O)cc1OC. The molecule has 0 aromatic heterocycles. The van der Waals surface area contributed by atoms with Crippen LogP contribution >= 0.6 is 0 Å². The minimum absolute atomic E-state index is 0.104. The molecule has 1 aliphatic rings. The van der Waals surface area contributed by atoms with E-state index in [4.69, 9.17) is 18.9 Å². The van der Waals surface area contributed by atoms with Gasteiger partial charge >= 0.3 is 11.9 Å². The van der Waals surface area contributed by atoms with Gasteiger partial charge in [-0.05, 0) is 48.4 Å². The summed E-state index contributed by atoms with van der Waals surface area (Å²) in [6, 6.07) is 10.6. The van der Waals surface area contributed by atoms with Gasteiger partial charge in [0.25, 0.3) is 11.8 Å². The summed E-state index contributed by atoms with van der Waals surface area (Å²) in [5.41, 5.74) is 3.44. The summed E-state index contributed by atoms with van der Waals surface area (Å²) in [5.74, 6) is -2.70. The fourth-order valence-corrected chi connectivity index (χ4v) is 3.61. The maximum atomic E-state index is 12.6. The lowest BCUT2D eigenvalue weighted by molar-refractivity contribution is -0.151. The topological polar surface area (TPSA) is 150 Å². The van der Waals surface area contributed by atoms with E-state index in [1.54, 1.807) is 6.07 Å². The van der Waals surface area contributed by atoms with Gasteiger partial charge in [0.05, 0.1) is 38.9 Å². The van der Waals surface area contributed by atoms with Crippen molar-refractivity contribution in [1.82, 2.24) is 10.4 Å². The number of carbonyl (C=O) groups excluding carboxylic acids is 5. The Bertz CT molecular complexity index is 1230. The van der Waals surface area contributed by atoms with Gasteiger partial charge in [0.1, 0.15) is 0 Å². The summed E-state index contributed by atoms with van der Waals surface area (Å²) in [6.07, 6.45) is -0.180. The second-order valence-corrected chi connectivity index (χ2v) is 9.14. The van der Waals surface area contributed by atoms with Crippen molar-refractivity contribution in [2.45, 2.75) is 20.3 Å². The van der Waals surface area contributed by atoms with Gasteiger partial charge in [0, 0.05) is 17.7 Å². The Morgan fingerprint density at radius 1 is 0.949 bits per heavy atom. The van der Waals surface area contributed by atoms with E-state index in [9.17, 15) is 24.0 Å². The maximum absolute atomic E-state index is 12.6. The number of benzene rings is 2. The van der Waals surface area contributed by atoms with E-state index >= 15 is 0 Å². The second kappa shape index (κ2) is 13.3. The highest BCUT2D eigenvalue weighted by Gasteiger charge is 2.36. The molecule has 0 aliphatic carbocycles. The van der Waals surface area contributed by atoms with Crippen LogP contribution in [0.1, 0.15) is 41.0 Å². The van der Waals surface area contributed by atoms with Crippen LogP contribution in [0.3, 0.4) is 0 Å². The summed E-state index contributed by atoms with van der Waals surface area (Å²) in [7, 11) is 2.90. The van der Waals surface area contributed by atoms with Crippen molar-refractivity contribution in [1.29, 1.82) is 0 Å². The highest BCUT2D eigenvalue weighted by atomic mass is 16.5. The van der Waals surface area contributed by atoms with Gasteiger partial charge in [-0.25, -0.2) is 4.79 Å². The van der Waals surface area contributed by atoms with Crippen LogP contribution in [0.15, 0.2) is 42.5 Å². The molecule has 1 atom stereocenters. The number of anilines is 1. The van der Waals surface area contributed by atoms with E-state index in [1.807, 2.05) is 13.8 Å². The number of nitrogens with one attached hydrogen (secondary N) is 2. The number of carbonyl (C=O) groups is 5. The minimum atomic E-state index is -0.855. The number of methoxy groups -OCH3 is 2. The number of rotatable bonds is 11. The van der Waals surface area contributed by atoms with Gasteiger partial charge in [-0.2, -0.15) is 0 Å². The van der Waals surface area contributed by atoms with Crippen LogP contribution in [0, 0.1) is 11.8 Å². The smallest absolute Gasteiger partial charge is 0.338 e. The molecule has 1 fully saturated rings. The Morgan fingerprint density at radius 3 is 2.26 bits per heavy atom. The summed E-state index contributed by atoms with van der Waals surface area (Å²) < 4.78 is 20.6. The Labute approximate surface area is 225 Å². The first kappa shape index (κ1) is 29.0. The van der Waals surface area contributed by atoms with E-state index in [0.717, 1.165) is 5.01 Å². The standard InChI is InChI=1S/C27H31N3O9/c1-16(2)14-38-26(34)17-5-8-20(9-6-17)28-23(31)15-39-27(35)19-12-24(32)30(13-19)29-25(33)18-7-10-21(36-3)22(11-18)37-4/h5-11,16,19H,12-15H2,1-4H3,(H,28,31)(H,29,33)/t19-/m0/s1. The molecular weight excluding hydrogens is 510 g/mol. The average molecular weight is 542 g/mol. The normalized spacial score (nSPS) is 14.5. The zero-order chi connectivity index (χ0) is 28.5. The molecule has 12 nitrogen and oxygen atoms in total. The van der Waals surface area contributed by atoms with Gasteiger partial charge in [-0.1, -0.05) is 13.8 Å². The number of amides is 3. The van der Waals surface area contributed by atoms with Crippen LogP contribution in [0.25, 0.3) is 0 Å². The molecule has 12 heteroatoms. The molecule has 3 amide bonds. The molecule has 0 saturated carbocycles. The lowest BCUT2D eigenvalue weighted by Crippen LogP contribution is -2.43. The maximum Gasteiger partial charge on any atom is 0.338 e. The molecule has 2 aromatic rings. The number of hydrogen-bond donors (Lipinski definition) is 2. The summed E-state index contributed by atoms with van der Waals surface area (Å²) in [5, 5.41) is 3.60. The number of ether oxygens (including phenoxy) is 4. The zero-order valence-electron chi connectivity index (χ0n) is 22.1. The highest BCUT2D eigenvalue weighted by Crippen LogP contribution is 2.27. The first-order valence-corrected chi connectivity index (χ1v) is 12.2. The third kappa shape index (κ3) is 7.94. The van der Waals surface area contributed by atoms with Gasteiger partial charge in [0.2, 0.25) is 5.91 Å². The fourth-order valence-electron chi connectivity index (χ4n) is 3.61. The molecule has 0 bridgehead atoms. The second-order valence-electron chi connectivity index (χ2n) is 9.14. The molecular formula is C27H31N3O9. The van der Waals surface area contributed by atoms with Crippen LogP contribution in [-0.2, 0) is 23.9 Å². The Kier molecular flexibility index (Phi) is 9.85. The van der Waals surface area contributed by atoms with Crippen LogP contribution in [0.2, 0.25) is 0 Å². The zero-order valence-corrected chi connectivity index (χ0v) is 22.1. The molecule has 39 heavy (non-hydrogen) atoms. The largest absolute Gasteiger partial charge is 0.493 e. The van der Waals surface area contributed by atoms with Crippen molar-refractivity contribution >= 4 is 35.3 Å². The molecule has 0 unspecified atom stereocenters. The molecule has 3 rings (SSSR count). The van der Waals surface area contributed by atoms with Crippen LogP contribution in [0.5, 0.6) is 11.5 Å². The summed E-state index contributed by atoms with van der Waals surface area (Å²) >= 11 is 0. The molecule has 1 aliphatic heterocycles. The van der Waals surface area contributed by atoms with Gasteiger partial charge in [-0.15, -0.1) is 0 Å². The highest BCUT2D eigenvalue weighted by molar-refractivity contribution is 5.97. The summed E-state index contributed by atoms with van der Waals surface area (Å²) in [4.78, 5) is 61.6. The molecule has 1 saturated heterocycles. The Balaban J connectivity index is 1.46. The fraction of sp³-hybridized carbons (Fsp3) is 0.370.